The summed E-state index contributed by atoms with van der Waals surface area (Å²) in [6.45, 7) is 1.40. The van der Waals surface area contributed by atoms with E-state index < -0.39 is 26.6 Å². The van der Waals surface area contributed by atoms with Crippen molar-refractivity contribution < 1.29 is 17.2 Å². The van der Waals surface area contributed by atoms with Gasteiger partial charge in [0.25, 0.3) is 0 Å². The second kappa shape index (κ2) is 5.52. The minimum atomic E-state index is -4.14. The number of benzene rings is 1. The molecule has 1 aliphatic heterocycles. The number of hydrogen-bond acceptors (Lipinski definition) is 3. The molecule has 1 fully saturated rings. The Kier molecular flexibility index (Phi) is 4.17. The van der Waals surface area contributed by atoms with Crippen LogP contribution < -0.4 is 5.32 Å². The van der Waals surface area contributed by atoms with E-state index in [2.05, 4.69) is 5.32 Å². The molecule has 1 saturated heterocycles. The van der Waals surface area contributed by atoms with E-state index in [0.29, 0.717) is 25.9 Å². The lowest BCUT2D eigenvalue weighted by Gasteiger charge is -2.30. The molecule has 106 valence electrons. The van der Waals surface area contributed by atoms with Gasteiger partial charge in [0.1, 0.15) is 11.6 Å². The van der Waals surface area contributed by atoms with Crippen LogP contribution in [-0.4, -0.2) is 38.9 Å². The number of rotatable bonds is 3. The van der Waals surface area contributed by atoms with Crippen LogP contribution in [0.25, 0.3) is 0 Å². The molecule has 4 nitrogen and oxygen atoms in total. The van der Waals surface area contributed by atoms with E-state index in [1.165, 1.54) is 7.05 Å². The van der Waals surface area contributed by atoms with E-state index in [9.17, 15) is 17.2 Å². The van der Waals surface area contributed by atoms with E-state index in [-0.39, 0.29) is 6.04 Å². The molecule has 0 aliphatic carbocycles. The van der Waals surface area contributed by atoms with E-state index in [4.69, 9.17) is 0 Å². The zero-order chi connectivity index (χ0) is 14.0. The second-order valence-corrected chi connectivity index (χ2v) is 6.49. The summed E-state index contributed by atoms with van der Waals surface area (Å²) in [5, 5.41) is 3.11. The number of nitrogens with zero attached hydrogens (tertiary/aromatic N) is 1. The molecule has 0 amide bonds. The molecule has 2 rings (SSSR count). The molecule has 0 aromatic heterocycles. The maximum atomic E-state index is 13.6. The Bertz CT molecular complexity index is 537. The van der Waals surface area contributed by atoms with Crippen molar-refractivity contribution in [3.63, 3.8) is 0 Å². The SMILES string of the molecule is CN(C1CCNCC1)S(=O)(=O)c1c(F)cccc1F. The molecule has 0 spiro atoms. The standard InChI is InChI=1S/C12H16F2N2O2S/c1-16(9-5-7-15-8-6-9)19(17,18)12-10(13)3-2-4-11(12)14/h2-4,9,15H,5-8H2,1H3. The molecule has 0 bridgehead atoms. The molecule has 0 radical (unpaired) electrons. The van der Waals surface area contributed by atoms with Gasteiger partial charge in [-0.2, -0.15) is 4.31 Å². The molecule has 0 atom stereocenters. The number of piperidine rings is 1. The summed E-state index contributed by atoms with van der Waals surface area (Å²) in [4.78, 5) is -0.865. The van der Waals surface area contributed by atoms with Crippen LogP contribution in [0.1, 0.15) is 12.8 Å². The number of nitrogens with one attached hydrogen (secondary N) is 1. The van der Waals surface area contributed by atoms with Gasteiger partial charge in [-0.1, -0.05) is 6.07 Å². The lowest BCUT2D eigenvalue weighted by atomic mass is 10.1. The van der Waals surface area contributed by atoms with Crippen LogP contribution in [0.2, 0.25) is 0 Å². The smallest absolute Gasteiger partial charge is 0.248 e. The molecule has 0 unspecified atom stereocenters. The quantitative estimate of drug-likeness (QED) is 0.914. The Morgan fingerprint density at radius 3 is 2.26 bits per heavy atom. The molecule has 1 N–H and O–H groups in total. The number of hydrogen-bond donors (Lipinski definition) is 1. The van der Waals surface area contributed by atoms with Gasteiger partial charge in [0.15, 0.2) is 4.90 Å². The fraction of sp³-hybridized carbons (Fsp3) is 0.500. The van der Waals surface area contributed by atoms with Gasteiger partial charge in [-0.05, 0) is 38.1 Å². The number of sulfonamides is 1. The second-order valence-electron chi connectivity index (χ2n) is 4.55. The van der Waals surface area contributed by atoms with Gasteiger partial charge in [-0.3, -0.25) is 0 Å². The highest BCUT2D eigenvalue weighted by Crippen LogP contribution is 2.25. The van der Waals surface area contributed by atoms with Gasteiger partial charge in [-0.15, -0.1) is 0 Å². The van der Waals surface area contributed by atoms with E-state index >= 15 is 0 Å². The molecule has 7 heteroatoms. The molecular weight excluding hydrogens is 274 g/mol. The van der Waals surface area contributed by atoms with Crippen LogP contribution >= 0.6 is 0 Å². The molecule has 19 heavy (non-hydrogen) atoms. The molecular formula is C12H16F2N2O2S. The third-order valence-corrected chi connectivity index (χ3v) is 5.34. The Morgan fingerprint density at radius 2 is 1.74 bits per heavy atom. The highest BCUT2D eigenvalue weighted by Gasteiger charge is 2.33. The van der Waals surface area contributed by atoms with Crippen LogP contribution in [-0.2, 0) is 10.0 Å². The van der Waals surface area contributed by atoms with Gasteiger partial charge in [-0.25, -0.2) is 17.2 Å². The first-order valence-electron chi connectivity index (χ1n) is 6.07. The Hall–Kier alpha value is -1.05. The van der Waals surface area contributed by atoms with Crippen molar-refractivity contribution in [2.75, 3.05) is 20.1 Å². The van der Waals surface area contributed by atoms with Crippen molar-refractivity contribution in [2.45, 2.75) is 23.8 Å². The summed E-state index contributed by atoms with van der Waals surface area (Å²) in [6, 6.07) is 2.82. The van der Waals surface area contributed by atoms with Gasteiger partial charge in [0.2, 0.25) is 10.0 Å². The van der Waals surface area contributed by atoms with Crippen LogP contribution in [0.3, 0.4) is 0 Å². The predicted molar refractivity (Wildman–Crippen MR) is 67.2 cm³/mol. The number of halogens is 2. The summed E-state index contributed by atoms with van der Waals surface area (Å²) in [5.74, 6) is -2.11. The average molecular weight is 290 g/mol. The van der Waals surface area contributed by atoms with Crippen molar-refractivity contribution in [1.82, 2.24) is 9.62 Å². The average Bonchev–Trinajstić information content (AvgIpc) is 2.38. The molecule has 0 saturated carbocycles. The largest absolute Gasteiger partial charge is 0.317 e. The topological polar surface area (TPSA) is 49.4 Å². The normalized spacial score (nSPS) is 17.9. The van der Waals surface area contributed by atoms with Gasteiger partial charge >= 0.3 is 0 Å². The third-order valence-electron chi connectivity index (χ3n) is 3.38. The lowest BCUT2D eigenvalue weighted by molar-refractivity contribution is 0.294. The summed E-state index contributed by atoms with van der Waals surface area (Å²) >= 11 is 0. The molecule has 1 aromatic carbocycles. The minimum Gasteiger partial charge on any atom is -0.317 e. The summed E-state index contributed by atoms with van der Waals surface area (Å²) in [7, 11) is -2.77. The highest BCUT2D eigenvalue weighted by molar-refractivity contribution is 7.89. The van der Waals surface area contributed by atoms with E-state index in [1.54, 1.807) is 0 Å². The van der Waals surface area contributed by atoms with Crippen LogP contribution in [0.4, 0.5) is 8.78 Å². The monoisotopic (exact) mass is 290 g/mol. The maximum absolute atomic E-state index is 13.6. The van der Waals surface area contributed by atoms with Crippen LogP contribution in [0, 0.1) is 11.6 Å². The third kappa shape index (κ3) is 2.77. The fourth-order valence-corrected chi connectivity index (χ4v) is 3.76. The summed E-state index contributed by atoms with van der Waals surface area (Å²) < 4.78 is 52.9. The first kappa shape index (κ1) is 14.4. The van der Waals surface area contributed by atoms with Crippen molar-refractivity contribution in [3.8, 4) is 0 Å². The first-order chi connectivity index (χ1) is 8.94. The lowest BCUT2D eigenvalue weighted by Crippen LogP contribution is -2.44. The molecule has 1 aliphatic rings. The predicted octanol–water partition coefficient (Wildman–Crippen LogP) is 1.34. The van der Waals surface area contributed by atoms with Crippen molar-refractivity contribution in [2.24, 2.45) is 0 Å². The summed E-state index contributed by atoms with van der Waals surface area (Å²) in [5.41, 5.74) is 0. The van der Waals surface area contributed by atoms with E-state index in [0.717, 1.165) is 22.5 Å². The van der Waals surface area contributed by atoms with E-state index in [1.807, 2.05) is 0 Å². The Balaban J connectivity index is 2.36. The van der Waals surface area contributed by atoms with Crippen molar-refractivity contribution in [3.05, 3.63) is 29.8 Å². The first-order valence-corrected chi connectivity index (χ1v) is 7.51. The van der Waals surface area contributed by atoms with Gasteiger partial charge in [0.05, 0.1) is 0 Å². The molecule has 1 heterocycles. The zero-order valence-electron chi connectivity index (χ0n) is 10.6. The van der Waals surface area contributed by atoms with Crippen molar-refractivity contribution >= 4 is 10.0 Å². The Labute approximate surface area is 111 Å². The van der Waals surface area contributed by atoms with Crippen molar-refractivity contribution in [1.29, 1.82) is 0 Å². The minimum absolute atomic E-state index is 0.231. The van der Waals surface area contributed by atoms with Gasteiger partial charge < -0.3 is 5.32 Å². The van der Waals surface area contributed by atoms with Gasteiger partial charge in [0, 0.05) is 13.1 Å². The molecule has 1 aromatic rings. The Morgan fingerprint density at radius 1 is 1.21 bits per heavy atom. The fourth-order valence-electron chi connectivity index (χ4n) is 2.24. The maximum Gasteiger partial charge on any atom is 0.248 e. The van der Waals surface area contributed by atoms with Crippen LogP contribution in [0.5, 0.6) is 0 Å². The summed E-state index contributed by atoms with van der Waals surface area (Å²) in [6.07, 6.45) is 1.26. The zero-order valence-corrected chi connectivity index (χ0v) is 11.4. The van der Waals surface area contributed by atoms with Crippen LogP contribution in [0.15, 0.2) is 23.1 Å². The highest BCUT2D eigenvalue weighted by atomic mass is 32.2.